The van der Waals surface area contributed by atoms with E-state index >= 15 is 0 Å². The molecule has 106 valence electrons. The maximum atomic E-state index is 10.0. The lowest BCUT2D eigenvalue weighted by atomic mass is 10.1. The van der Waals surface area contributed by atoms with Crippen LogP contribution in [0.4, 0.5) is 5.69 Å². The van der Waals surface area contributed by atoms with Crippen LogP contribution >= 0.6 is 15.9 Å². The number of rotatable bonds is 6. The molecule has 0 heterocycles. The van der Waals surface area contributed by atoms with Gasteiger partial charge in [0.25, 0.3) is 0 Å². The summed E-state index contributed by atoms with van der Waals surface area (Å²) in [5.74, 6) is 0.830. The standard InChI is InChI=1S/C16H18BrNO2/c1-20-16-8-2-12(3-9-16)10-15(19)11-18-14-6-4-13(17)5-7-14/h2-9,15,18-19H,10-11H2,1H3/t15-/m0/s1. The molecule has 4 heteroatoms. The molecule has 0 fully saturated rings. The molecule has 0 bridgehead atoms. The zero-order chi connectivity index (χ0) is 14.4. The van der Waals surface area contributed by atoms with Crippen LogP contribution in [0, 0.1) is 0 Å². The second-order valence-corrected chi connectivity index (χ2v) is 5.51. The van der Waals surface area contributed by atoms with E-state index in [1.54, 1.807) is 7.11 Å². The summed E-state index contributed by atoms with van der Waals surface area (Å²) < 4.78 is 6.15. The maximum Gasteiger partial charge on any atom is 0.118 e. The van der Waals surface area contributed by atoms with E-state index in [1.807, 2.05) is 48.5 Å². The van der Waals surface area contributed by atoms with E-state index in [-0.39, 0.29) is 0 Å². The van der Waals surface area contributed by atoms with E-state index in [2.05, 4.69) is 21.2 Å². The van der Waals surface area contributed by atoms with E-state index in [1.165, 1.54) is 0 Å². The highest BCUT2D eigenvalue weighted by molar-refractivity contribution is 9.10. The Labute approximate surface area is 127 Å². The maximum absolute atomic E-state index is 10.0. The van der Waals surface area contributed by atoms with Gasteiger partial charge in [0.1, 0.15) is 5.75 Å². The van der Waals surface area contributed by atoms with Gasteiger partial charge in [-0.3, -0.25) is 0 Å². The number of nitrogens with one attached hydrogen (secondary N) is 1. The first-order valence-electron chi connectivity index (χ1n) is 6.48. The van der Waals surface area contributed by atoms with Crippen molar-refractivity contribution in [1.29, 1.82) is 0 Å². The van der Waals surface area contributed by atoms with Crippen molar-refractivity contribution in [2.24, 2.45) is 0 Å². The van der Waals surface area contributed by atoms with Gasteiger partial charge in [-0.2, -0.15) is 0 Å². The second kappa shape index (κ2) is 7.31. The van der Waals surface area contributed by atoms with Gasteiger partial charge in [-0.05, 0) is 42.0 Å². The first kappa shape index (κ1) is 14.9. The van der Waals surface area contributed by atoms with Crippen LogP contribution in [0.25, 0.3) is 0 Å². The van der Waals surface area contributed by atoms with Gasteiger partial charge in [0, 0.05) is 23.1 Å². The molecular weight excluding hydrogens is 318 g/mol. The molecule has 2 aromatic rings. The third-order valence-electron chi connectivity index (χ3n) is 3.02. The molecule has 0 aliphatic heterocycles. The minimum absolute atomic E-state index is 0.424. The van der Waals surface area contributed by atoms with Crippen LogP contribution in [0.15, 0.2) is 53.0 Å². The topological polar surface area (TPSA) is 41.5 Å². The van der Waals surface area contributed by atoms with Crippen molar-refractivity contribution in [3.63, 3.8) is 0 Å². The molecule has 2 aromatic carbocycles. The smallest absolute Gasteiger partial charge is 0.118 e. The Balaban J connectivity index is 1.82. The fraction of sp³-hybridized carbons (Fsp3) is 0.250. The summed E-state index contributed by atoms with van der Waals surface area (Å²) in [4.78, 5) is 0. The number of hydrogen-bond acceptors (Lipinski definition) is 3. The first-order chi connectivity index (χ1) is 9.67. The predicted octanol–water partition coefficient (Wildman–Crippen LogP) is 3.47. The van der Waals surface area contributed by atoms with Gasteiger partial charge in [0.2, 0.25) is 0 Å². The second-order valence-electron chi connectivity index (χ2n) is 4.59. The molecule has 0 radical (unpaired) electrons. The zero-order valence-corrected chi connectivity index (χ0v) is 12.9. The van der Waals surface area contributed by atoms with Gasteiger partial charge in [-0.25, -0.2) is 0 Å². The van der Waals surface area contributed by atoms with Crippen LogP contribution in [0.3, 0.4) is 0 Å². The summed E-state index contributed by atoms with van der Waals surface area (Å²) >= 11 is 3.39. The molecule has 0 unspecified atom stereocenters. The molecular formula is C16H18BrNO2. The van der Waals surface area contributed by atoms with Crippen molar-refractivity contribution >= 4 is 21.6 Å². The highest BCUT2D eigenvalue weighted by atomic mass is 79.9. The van der Waals surface area contributed by atoms with Gasteiger partial charge >= 0.3 is 0 Å². The minimum atomic E-state index is -0.424. The van der Waals surface area contributed by atoms with Crippen molar-refractivity contribution in [2.45, 2.75) is 12.5 Å². The number of benzene rings is 2. The number of halogens is 1. The lowest BCUT2D eigenvalue weighted by Crippen LogP contribution is -2.21. The third-order valence-corrected chi connectivity index (χ3v) is 3.55. The lowest BCUT2D eigenvalue weighted by molar-refractivity contribution is 0.188. The molecule has 0 saturated heterocycles. The summed E-state index contributed by atoms with van der Waals surface area (Å²) in [6, 6.07) is 15.7. The van der Waals surface area contributed by atoms with Crippen molar-refractivity contribution in [1.82, 2.24) is 0 Å². The Morgan fingerprint density at radius 1 is 1.10 bits per heavy atom. The number of aliphatic hydroxyl groups is 1. The van der Waals surface area contributed by atoms with Crippen molar-refractivity contribution < 1.29 is 9.84 Å². The van der Waals surface area contributed by atoms with Crippen LogP contribution in [0.2, 0.25) is 0 Å². The van der Waals surface area contributed by atoms with Gasteiger partial charge in [-0.15, -0.1) is 0 Å². The summed E-state index contributed by atoms with van der Waals surface area (Å²) in [6.45, 7) is 0.521. The fourth-order valence-corrected chi connectivity index (χ4v) is 2.17. The molecule has 20 heavy (non-hydrogen) atoms. The SMILES string of the molecule is COc1ccc(C[C@H](O)CNc2ccc(Br)cc2)cc1. The summed E-state index contributed by atoms with van der Waals surface area (Å²) in [6.07, 6.45) is 0.195. The summed E-state index contributed by atoms with van der Waals surface area (Å²) in [5, 5.41) is 13.3. The fourth-order valence-electron chi connectivity index (χ4n) is 1.91. The van der Waals surface area contributed by atoms with Crippen LogP contribution in [-0.4, -0.2) is 24.9 Å². The van der Waals surface area contributed by atoms with Crippen LogP contribution in [0.1, 0.15) is 5.56 Å². The van der Waals surface area contributed by atoms with Crippen molar-refractivity contribution in [3.8, 4) is 5.75 Å². The van der Waals surface area contributed by atoms with Gasteiger partial charge < -0.3 is 15.2 Å². The Morgan fingerprint density at radius 3 is 2.35 bits per heavy atom. The molecule has 0 aliphatic rings. The summed E-state index contributed by atoms with van der Waals surface area (Å²) in [5.41, 5.74) is 2.10. The van der Waals surface area contributed by atoms with Crippen LogP contribution < -0.4 is 10.1 Å². The Morgan fingerprint density at radius 2 is 1.75 bits per heavy atom. The molecule has 0 aromatic heterocycles. The molecule has 0 spiro atoms. The molecule has 2 N–H and O–H groups in total. The zero-order valence-electron chi connectivity index (χ0n) is 11.3. The van der Waals surface area contributed by atoms with Crippen LogP contribution in [0.5, 0.6) is 5.75 Å². The number of anilines is 1. The van der Waals surface area contributed by atoms with E-state index in [9.17, 15) is 5.11 Å². The number of methoxy groups -OCH3 is 1. The molecule has 0 aliphatic carbocycles. The van der Waals surface area contributed by atoms with E-state index in [4.69, 9.17) is 4.74 Å². The Kier molecular flexibility index (Phi) is 5.44. The van der Waals surface area contributed by atoms with Crippen molar-refractivity contribution in [2.75, 3.05) is 19.0 Å². The largest absolute Gasteiger partial charge is 0.497 e. The highest BCUT2D eigenvalue weighted by Gasteiger charge is 2.05. The van der Waals surface area contributed by atoms with Gasteiger partial charge in [0.15, 0.2) is 0 Å². The highest BCUT2D eigenvalue weighted by Crippen LogP contribution is 2.15. The minimum Gasteiger partial charge on any atom is -0.497 e. The Hall–Kier alpha value is -1.52. The number of ether oxygens (including phenoxy) is 1. The third kappa shape index (κ3) is 4.54. The average Bonchev–Trinajstić information content (AvgIpc) is 2.47. The summed E-state index contributed by atoms with van der Waals surface area (Å²) in [7, 11) is 1.64. The van der Waals surface area contributed by atoms with Gasteiger partial charge in [0.05, 0.1) is 13.2 Å². The Bertz CT molecular complexity index is 525. The first-order valence-corrected chi connectivity index (χ1v) is 7.27. The molecule has 3 nitrogen and oxygen atoms in total. The van der Waals surface area contributed by atoms with E-state index in [0.29, 0.717) is 13.0 Å². The molecule has 0 saturated carbocycles. The molecule has 1 atom stereocenters. The average molecular weight is 336 g/mol. The van der Waals surface area contributed by atoms with Gasteiger partial charge in [-0.1, -0.05) is 28.1 Å². The van der Waals surface area contributed by atoms with E-state index in [0.717, 1.165) is 21.5 Å². The monoisotopic (exact) mass is 335 g/mol. The number of hydrogen-bond donors (Lipinski definition) is 2. The molecule has 0 amide bonds. The lowest BCUT2D eigenvalue weighted by Gasteiger charge is -2.13. The van der Waals surface area contributed by atoms with E-state index < -0.39 is 6.10 Å². The van der Waals surface area contributed by atoms with Crippen LogP contribution in [-0.2, 0) is 6.42 Å². The quantitative estimate of drug-likeness (QED) is 0.849. The predicted molar refractivity (Wildman–Crippen MR) is 85.3 cm³/mol. The molecule has 2 rings (SSSR count). The van der Waals surface area contributed by atoms with Crippen molar-refractivity contribution in [3.05, 3.63) is 58.6 Å². The normalized spacial score (nSPS) is 11.9. The number of aliphatic hydroxyl groups excluding tert-OH is 1.